The lowest BCUT2D eigenvalue weighted by atomic mass is 10.1. The number of ether oxygens (including phenoxy) is 2. The highest BCUT2D eigenvalue weighted by atomic mass is 16.5. The third-order valence-corrected chi connectivity index (χ3v) is 2.94. The highest BCUT2D eigenvalue weighted by Crippen LogP contribution is 2.20. The molecule has 0 unspecified atom stereocenters. The second kappa shape index (κ2) is 7.56. The topological polar surface area (TPSA) is 38.7 Å². The first-order valence-electron chi connectivity index (χ1n) is 6.80. The van der Waals surface area contributed by atoms with Gasteiger partial charge in [0.1, 0.15) is 11.5 Å². The van der Waals surface area contributed by atoms with Crippen LogP contribution < -0.4 is 9.47 Å². The van der Waals surface area contributed by atoms with E-state index in [-0.39, 0.29) is 6.61 Å². The zero-order chi connectivity index (χ0) is 14.2. The van der Waals surface area contributed by atoms with Gasteiger partial charge in [-0.15, -0.1) is 0 Å². The lowest BCUT2D eigenvalue weighted by molar-refractivity contribution is 0.236. The van der Waals surface area contributed by atoms with Crippen LogP contribution in [-0.2, 0) is 6.61 Å². The van der Waals surface area contributed by atoms with E-state index in [2.05, 4.69) is 0 Å². The maximum atomic E-state index is 9.29. The molecule has 0 aromatic heterocycles. The van der Waals surface area contributed by atoms with Gasteiger partial charge in [0.05, 0.1) is 19.8 Å². The molecule has 0 fully saturated rings. The Morgan fingerprint density at radius 3 is 2.45 bits per heavy atom. The van der Waals surface area contributed by atoms with Crippen LogP contribution in [-0.4, -0.2) is 18.3 Å². The summed E-state index contributed by atoms with van der Waals surface area (Å²) in [6, 6.07) is 15.6. The molecule has 106 valence electrons. The summed E-state index contributed by atoms with van der Waals surface area (Å²) in [5, 5.41) is 9.29. The molecule has 0 aliphatic carbocycles. The van der Waals surface area contributed by atoms with Gasteiger partial charge < -0.3 is 14.6 Å². The van der Waals surface area contributed by atoms with E-state index >= 15 is 0 Å². The lowest BCUT2D eigenvalue weighted by Crippen LogP contribution is -2.06. The standard InChI is InChI=1S/C17H20O3/c1-14-8-9-17(15(12-14)13-18)20-11-5-10-19-16-6-3-2-4-7-16/h2-4,6-9,12,18H,5,10-11,13H2,1H3. The van der Waals surface area contributed by atoms with Gasteiger partial charge in [-0.3, -0.25) is 0 Å². The van der Waals surface area contributed by atoms with Gasteiger partial charge in [0, 0.05) is 12.0 Å². The van der Waals surface area contributed by atoms with Crippen LogP contribution in [0, 0.1) is 6.92 Å². The van der Waals surface area contributed by atoms with Crippen molar-refractivity contribution in [2.45, 2.75) is 20.0 Å². The van der Waals surface area contributed by atoms with Crippen molar-refractivity contribution < 1.29 is 14.6 Å². The quantitative estimate of drug-likeness (QED) is 0.786. The highest BCUT2D eigenvalue weighted by molar-refractivity contribution is 5.36. The molecule has 3 nitrogen and oxygen atoms in total. The monoisotopic (exact) mass is 272 g/mol. The average Bonchev–Trinajstić information content (AvgIpc) is 2.49. The molecule has 3 heteroatoms. The molecule has 2 rings (SSSR count). The first-order valence-corrected chi connectivity index (χ1v) is 6.80. The molecule has 20 heavy (non-hydrogen) atoms. The number of hydrogen-bond donors (Lipinski definition) is 1. The Bertz CT molecular complexity index is 523. The summed E-state index contributed by atoms with van der Waals surface area (Å²) in [6.45, 7) is 3.18. The molecule has 0 atom stereocenters. The van der Waals surface area contributed by atoms with Gasteiger partial charge >= 0.3 is 0 Å². The minimum absolute atomic E-state index is 0.00245. The van der Waals surface area contributed by atoms with Crippen LogP contribution in [0.25, 0.3) is 0 Å². The summed E-state index contributed by atoms with van der Waals surface area (Å²) in [5.74, 6) is 1.62. The van der Waals surface area contributed by atoms with Gasteiger partial charge in [-0.1, -0.05) is 35.9 Å². The molecule has 2 aromatic carbocycles. The van der Waals surface area contributed by atoms with Crippen LogP contribution in [0.15, 0.2) is 48.5 Å². The molecule has 0 radical (unpaired) electrons. The third kappa shape index (κ3) is 4.28. The third-order valence-electron chi connectivity index (χ3n) is 2.94. The Balaban J connectivity index is 1.73. The smallest absolute Gasteiger partial charge is 0.124 e. The second-order valence-corrected chi connectivity index (χ2v) is 4.63. The van der Waals surface area contributed by atoms with Crippen molar-refractivity contribution >= 4 is 0 Å². The number of aryl methyl sites for hydroxylation is 1. The zero-order valence-electron chi connectivity index (χ0n) is 11.7. The van der Waals surface area contributed by atoms with E-state index in [4.69, 9.17) is 9.47 Å². The second-order valence-electron chi connectivity index (χ2n) is 4.63. The van der Waals surface area contributed by atoms with E-state index in [0.29, 0.717) is 13.2 Å². The predicted octanol–water partition coefficient (Wildman–Crippen LogP) is 3.34. The van der Waals surface area contributed by atoms with E-state index in [9.17, 15) is 5.11 Å². The number of hydrogen-bond acceptors (Lipinski definition) is 3. The molecular formula is C17H20O3. The van der Waals surface area contributed by atoms with Crippen LogP contribution >= 0.6 is 0 Å². The summed E-state index contributed by atoms with van der Waals surface area (Å²) in [6.07, 6.45) is 0.799. The maximum Gasteiger partial charge on any atom is 0.124 e. The van der Waals surface area contributed by atoms with Gasteiger partial charge in [0.15, 0.2) is 0 Å². The number of aliphatic hydroxyl groups excluding tert-OH is 1. The molecule has 0 amide bonds. The van der Waals surface area contributed by atoms with Crippen LogP contribution in [0.4, 0.5) is 0 Å². The minimum atomic E-state index is -0.00245. The fourth-order valence-corrected chi connectivity index (χ4v) is 1.92. The fourth-order valence-electron chi connectivity index (χ4n) is 1.92. The average molecular weight is 272 g/mol. The van der Waals surface area contributed by atoms with Gasteiger partial charge in [-0.25, -0.2) is 0 Å². The van der Waals surface area contributed by atoms with Crippen LogP contribution in [0.2, 0.25) is 0 Å². The van der Waals surface area contributed by atoms with E-state index in [1.54, 1.807) is 0 Å². The summed E-state index contributed by atoms with van der Waals surface area (Å²) in [7, 11) is 0. The van der Waals surface area contributed by atoms with Crippen molar-refractivity contribution in [3.63, 3.8) is 0 Å². The molecular weight excluding hydrogens is 252 g/mol. The first kappa shape index (κ1) is 14.4. The van der Waals surface area contributed by atoms with Gasteiger partial charge in [-0.05, 0) is 25.1 Å². The van der Waals surface area contributed by atoms with Gasteiger partial charge in [0.2, 0.25) is 0 Å². The van der Waals surface area contributed by atoms with Crippen molar-refractivity contribution in [1.82, 2.24) is 0 Å². The van der Waals surface area contributed by atoms with Crippen molar-refractivity contribution in [3.05, 3.63) is 59.7 Å². The number of rotatable bonds is 7. The summed E-state index contributed by atoms with van der Waals surface area (Å²) in [4.78, 5) is 0. The van der Waals surface area contributed by atoms with Crippen molar-refractivity contribution in [1.29, 1.82) is 0 Å². The molecule has 1 N–H and O–H groups in total. The molecule has 0 saturated carbocycles. The molecule has 2 aromatic rings. The first-order chi connectivity index (χ1) is 9.79. The molecule has 0 aliphatic rings. The van der Waals surface area contributed by atoms with Crippen LogP contribution in [0.1, 0.15) is 17.5 Å². The Labute approximate surface area is 119 Å². The molecule has 0 saturated heterocycles. The Hall–Kier alpha value is -2.00. The zero-order valence-corrected chi connectivity index (χ0v) is 11.7. The number of aliphatic hydroxyl groups is 1. The van der Waals surface area contributed by atoms with Crippen LogP contribution in [0.3, 0.4) is 0 Å². The van der Waals surface area contributed by atoms with E-state index in [1.165, 1.54) is 0 Å². The largest absolute Gasteiger partial charge is 0.493 e. The highest BCUT2D eigenvalue weighted by Gasteiger charge is 2.03. The normalized spacial score (nSPS) is 10.3. The van der Waals surface area contributed by atoms with E-state index in [1.807, 2.05) is 55.5 Å². The molecule has 0 aliphatic heterocycles. The Morgan fingerprint density at radius 1 is 0.950 bits per heavy atom. The van der Waals surface area contributed by atoms with E-state index < -0.39 is 0 Å². The number of benzene rings is 2. The lowest BCUT2D eigenvalue weighted by Gasteiger charge is -2.11. The fraction of sp³-hybridized carbons (Fsp3) is 0.294. The summed E-state index contributed by atoms with van der Waals surface area (Å²) < 4.78 is 11.3. The minimum Gasteiger partial charge on any atom is -0.493 e. The number of para-hydroxylation sites is 1. The summed E-state index contributed by atoms with van der Waals surface area (Å²) >= 11 is 0. The van der Waals surface area contributed by atoms with Gasteiger partial charge in [-0.2, -0.15) is 0 Å². The summed E-state index contributed by atoms with van der Waals surface area (Å²) in [5.41, 5.74) is 1.95. The van der Waals surface area contributed by atoms with Crippen molar-refractivity contribution in [2.75, 3.05) is 13.2 Å². The Morgan fingerprint density at radius 2 is 1.70 bits per heavy atom. The predicted molar refractivity (Wildman–Crippen MR) is 79.2 cm³/mol. The molecule has 0 heterocycles. The molecule has 0 bridgehead atoms. The van der Waals surface area contributed by atoms with Crippen LogP contribution in [0.5, 0.6) is 11.5 Å². The van der Waals surface area contributed by atoms with E-state index in [0.717, 1.165) is 29.0 Å². The van der Waals surface area contributed by atoms with Gasteiger partial charge in [0.25, 0.3) is 0 Å². The SMILES string of the molecule is Cc1ccc(OCCCOc2ccccc2)c(CO)c1. The molecule has 0 spiro atoms. The maximum absolute atomic E-state index is 9.29. The van der Waals surface area contributed by atoms with Crippen molar-refractivity contribution in [3.8, 4) is 11.5 Å². The Kier molecular flexibility index (Phi) is 5.44. The van der Waals surface area contributed by atoms with Crippen molar-refractivity contribution in [2.24, 2.45) is 0 Å².